The van der Waals surface area contributed by atoms with Crippen LogP contribution in [0.4, 0.5) is 0 Å². The lowest BCUT2D eigenvalue weighted by Crippen LogP contribution is -2.11. The largest absolute Gasteiger partial charge is 0.297 e. The van der Waals surface area contributed by atoms with Crippen molar-refractivity contribution in [3.63, 3.8) is 0 Å². The van der Waals surface area contributed by atoms with Gasteiger partial charge in [-0.15, -0.1) is 0 Å². The van der Waals surface area contributed by atoms with Crippen molar-refractivity contribution in [2.45, 2.75) is 32.7 Å². The van der Waals surface area contributed by atoms with Crippen molar-refractivity contribution in [2.75, 3.05) is 0 Å². The maximum atomic E-state index is 5.29. The predicted molar refractivity (Wildman–Crippen MR) is 69.5 cm³/mol. The van der Waals surface area contributed by atoms with Crippen LogP contribution in [0.25, 0.3) is 0 Å². The summed E-state index contributed by atoms with van der Waals surface area (Å²) in [6, 6.07) is 4.20. The fourth-order valence-corrected chi connectivity index (χ4v) is 2.24. The molecule has 0 amide bonds. The first-order valence-corrected chi connectivity index (χ1v) is 6.20. The van der Waals surface area contributed by atoms with Crippen LogP contribution in [-0.4, -0.2) is 19.7 Å². The van der Waals surface area contributed by atoms with Gasteiger partial charge in [-0.3, -0.25) is 14.6 Å². The second-order valence-corrected chi connectivity index (χ2v) is 4.41. The Kier molecular flexibility index (Phi) is 3.68. The number of nitrogens with zero attached hydrogens (tertiary/aromatic N) is 3. The van der Waals surface area contributed by atoms with E-state index in [2.05, 4.69) is 33.6 Å². The van der Waals surface area contributed by atoms with Gasteiger partial charge in [-0.1, -0.05) is 6.92 Å². The molecule has 0 spiro atoms. The van der Waals surface area contributed by atoms with Gasteiger partial charge in [0.15, 0.2) is 4.77 Å². The molecular formula is C12H16N4S. The van der Waals surface area contributed by atoms with Crippen LogP contribution < -0.4 is 0 Å². The summed E-state index contributed by atoms with van der Waals surface area (Å²) in [5.41, 5.74) is 1.19. The minimum absolute atomic E-state index is 0.186. The third-order valence-corrected chi connectivity index (χ3v) is 3.11. The standard InChI is InChI=1S/C12H16N4S/c1-3-4-11-14-15-12(17)16(11)9(2)10-5-7-13-8-6-10/h5-9H,3-4H2,1-2H3,(H,15,17). The number of rotatable bonds is 4. The fourth-order valence-electron chi connectivity index (χ4n) is 1.93. The Morgan fingerprint density at radius 3 is 2.76 bits per heavy atom. The summed E-state index contributed by atoms with van der Waals surface area (Å²) in [7, 11) is 0. The van der Waals surface area contributed by atoms with Gasteiger partial charge >= 0.3 is 0 Å². The maximum absolute atomic E-state index is 5.29. The minimum atomic E-state index is 0.186. The lowest BCUT2D eigenvalue weighted by atomic mass is 10.1. The van der Waals surface area contributed by atoms with Crippen molar-refractivity contribution in [2.24, 2.45) is 0 Å². The van der Waals surface area contributed by atoms with E-state index in [1.165, 1.54) is 5.56 Å². The Labute approximate surface area is 106 Å². The number of aromatic nitrogens is 4. The van der Waals surface area contributed by atoms with E-state index < -0.39 is 0 Å². The van der Waals surface area contributed by atoms with Gasteiger partial charge in [0.2, 0.25) is 0 Å². The van der Waals surface area contributed by atoms with Crippen molar-refractivity contribution >= 4 is 12.2 Å². The molecule has 0 saturated carbocycles. The Morgan fingerprint density at radius 1 is 1.41 bits per heavy atom. The summed E-state index contributed by atoms with van der Waals surface area (Å²) in [6.07, 6.45) is 5.59. The molecule has 5 heteroatoms. The highest BCUT2D eigenvalue weighted by Crippen LogP contribution is 2.19. The molecule has 0 fully saturated rings. The molecular weight excluding hydrogens is 232 g/mol. The molecule has 1 atom stereocenters. The molecule has 0 aliphatic heterocycles. The van der Waals surface area contributed by atoms with Crippen LogP contribution in [-0.2, 0) is 6.42 Å². The third kappa shape index (κ3) is 2.44. The van der Waals surface area contributed by atoms with Crippen LogP contribution in [0, 0.1) is 4.77 Å². The average molecular weight is 248 g/mol. The molecule has 0 radical (unpaired) electrons. The molecule has 1 N–H and O–H groups in total. The summed E-state index contributed by atoms with van der Waals surface area (Å²) in [5, 5.41) is 7.16. The Balaban J connectivity index is 2.40. The van der Waals surface area contributed by atoms with Crippen LogP contribution in [0.1, 0.15) is 37.7 Å². The van der Waals surface area contributed by atoms with Crippen molar-refractivity contribution in [1.29, 1.82) is 0 Å². The van der Waals surface area contributed by atoms with Crippen LogP contribution >= 0.6 is 12.2 Å². The molecule has 0 aliphatic carbocycles. The number of pyridine rings is 1. The van der Waals surface area contributed by atoms with Gasteiger partial charge in [0, 0.05) is 18.8 Å². The highest BCUT2D eigenvalue weighted by Gasteiger charge is 2.13. The highest BCUT2D eigenvalue weighted by molar-refractivity contribution is 7.71. The molecule has 17 heavy (non-hydrogen) atoms. The van der Waals surface area contributed by atoms with E-state index in [-0.39, 0.29) is 6.04 Å². The fraction of sp³-hybridized carbons (Fsp3) is 0.417. The predicted octanol–water partition coefficient (Wildman–Crippen LogP) is 2.90. The molecule has 0 aromatic carbocycles. The third-order valence-electron chi connectivity index (χ3n) is 2.83. The minimum Gasteiger partial charge on any atom is -0.297 e. The molecule has 2 aromatic heterocycles. The van der Waals surface area contributed by atoms with Gasteiger partial charge in [0.25, 0.3) is 0 Å². The molecule has 90 valence electrons. The van der Waals surface area contributed by atoms with Crippen molar-refractivity contribution in [1.82, 2.24) is 19.7 Å². The summed E-state index contributed by atoms with van der Waals surface area (Å²) >= 11 is 5.29. The average Bonchev–Trinajstić information content (AvgIpc) is 2.71. The zero-order chi connectivity index (χ0) is 12.3. The lowest BCUT2D eigenvalue weighted by Gasteiger charge is -2.15. The summed E-state index contributed by atoms with van der Waals surface area (Å²) in [4.78, 5) is 4.03. The quantitative estimate of drug-likeness (QED) is 0.846. The number of hydrogen-bond donors (Lipinski definition) is 1. The molecule has 2 aromatic rings. The second-order valence-electron chi connectivity index (χ2n) is 4.02. The Hall–Kier alpha value is -1.49. The van der Waals surface area contributed by atoms with Crippen LogP contribution in [0.3, 0.4) is 0 Å². The smallest absolute Gasteiger partial charge is 0.195 e. The van der Waals surface area contributed by atoms with E-state index in [1.54, 1.807) is 12.4 Å². The molecule has 4 nitrogen and oxygen atoms in total. The normalized spacial score (nSPS) is 12.6. The second kappa shape index (κ2) is 5.23. The van der Waals surface area contributed by atoms with Crippen LogP contribution in [0.15, 0.2) is 24.5 Å². The Bertz CT molecular complexity index is 529. The molecule has 0 bridgehead atoms. The van der Waals surface area contributed by atoms with Gasteiger partial charge in [-0.25, -0.2) is 0 Å². The van der Waals surface area contributed by atoms with Crippen LogP contribution in [0.2, 0.25) is 0 Å². The molecule has 1 unspecified atom stereocenters. The number of nitrogens with one attached hydrogen (secondary N) is 1. The van der Waals surface area contributed by atoms with Gasteiger partial charge in [0.1, 0.15) is 5.82 Å². The van der Waals surface area contributed by atoms with E-state index >= 15 is 0 Å². The lowest BCUT2D eigenvalue weighted by molar-refractivity contribution is 0.589. The number of aryl methyl sites for hydroxylation is 1. The van der Waals surface area contributed by atoms with E-state index in [0.29, 0.717) is 4.77 Å². The first-order valence-electron chi connectivity index (χ1n) is 5.79. The van der Waals surface area contributed by atoms with E-state index in [0.717, 1.165) is 18.7 Å². The molecule has 2 heterocycles. The maximum Gasteiger partial charge on any atom is 0.195 e. The zero-order valence-electron chi connectivity index (χ0n) is 10.1. The first kappa shape index (κ1) is 12.0. The van der Waals surface area contributed by atoms with Gasteiger partial charge in [0.05, 0.1) is 6.04 Å². The molecule has 0 aliphatic rings. The Morgan fingerprint density at radius 2 is 2.12 bits per heavy atom. The first-order chi connectivity index (χ1) is 8.24. The summed E-state index contributed by atoms with van der Waals surface area (Å²) in [6.45, 7) is 4.26. The van der Waals surface area contributed by atoms with E-state index in [4.69, 9.17) is 12.2 Å². The van der Waals surface area contributed by atoms with Gasteiger partial charge < -0.3 is 0 Å². The number of aromatic amines is 1. The van der Waals surface area contributed by atoms with Crippen molar-refractivity contribution in [3.8, 4) is 0 Å². The number of H-pyrrole nitrogens is 1. The topological polar surface area (TPSA) is 46.5 Å². The highest BCUT2D eigenvalue weighted by atomic mass is 32.1. The van der Waals surface area contributed by atoms with Crippen LogP contribution in [0.5, 0.6) is 0 Å². The summed E-state index contributed by atoms with van der Waals surface area (Å²) in [5.74, 6) is 1.02. The van der Waals surface area contributed by atoms with Gasteiger partial charge in [-0.05, 0) is 43.3 Å². The van der Waals surface area contributed by atoms with Crippen molar-refractivity contribution in [3.05, 3.63) is 40.7 Å². The van der Waals surface area contributed by atoms with Crippen molar-refractivity contribution < 1.29 is 0 Å². The number of hydrogen-bond acceptors (Lipinski definition) is 3. The monoisotopic (exact) mass is 248 g/mol. The van der Waals surface area contributed by atoms with E-state index in [1.807, 2.05) is 12.1 Å². The molecule has 2 rings (SSSR count). The molecule has 0 saturated heterocycles. The van der Waals surface area contributed by atoms with Gasteiger partial charge in [-0.2, -0.15) is 5.10 Å². The zero-order valence-corrected chi connectivity index (χ0v) is 10.9. The SMILES string of the molecule is CCCc1n[nH]c(=S)n1C(C)c1ccncc1. The summed E-state index contributed by atoms with van der Waals surface area (Å²) < 4.78 is 2.76. The van der Waals surface area contributed by atoms with E-state index in [9.17, 15) is 0 Å².